The van der Waals surface area contributed by atoms with E-state index in [-0.39, 0.29) is 4.90 Å². The van der Waals surface area contributed by atoms with Crippen LogP contribution in [0, 0.1) is 16.0 Å². The maximum atomic E-state index is 11.9. The van der Waals surface area contributed by atoms with Gasteiger partial charge in [-0.05, 0) is 55.6 Å². The van der Waals surface area contributed by atoms with Gasteiger partial charge in [0.1, 0.15) is 4.90 Å². The zero-order valence-electron chi connectivity index (χ0n) is 16.2. The predicted molar refractivity (Wildman–Crippen MR) is 114 cm³/mol. The standard InChI is InChI=1S/C20H24ClN3O4S/c1-29(27,28)20-12-17(6-7-19(20)24(25)26)22-13-15-8-10-23(11-9-15)14-16-4-2-3-5-18(16)21/h2-7,12,15,22H,8-11,13-14H2,1H3. The molecule has 7 nitrogen and oxygen atoms in total. The summed E-state index contributed by atoms with van der Waals surface area (Å²) < 4.78 is 23.8. The first-order chi connectivity index (χ1) is 13.7. The number of likely N-dealkylation sites (tertiary alicyclic amines) is 1. The van der Waals surface area contributed by atoms with E-state index in [2.05, 4.69) is 10.2 Å². The topological polar surface area (TPSA) is 92.6 Å². The van der Waals surface area contributed by atoms with Crippen LogP contribution in [0.3, 0.4) is 0 Å². The van der Waals surface area contributed by atoms with E-state index in [0.29, 0.717) is 18.2 Å². The fourth-order valence-corrected chi connectivity index (χ4v) is 4.61. The molecule has 0 saturated carbocycles. The van der Waals surface area contributed by atoms with Gasteiger partial charge in [0.2, 0.25) is 0 Å². The van der Waals surface area contributed by atoms with Gasteiger partial charge in [-0.25, -0.2) is 8.42 Å². The lowest BCUT2D eigenvalue weighted by atomic mass is 9.96. The van der Waals surface area contributed by atoms with Crippen molar-refractivity contribution in [2.24, 2.45) is 5.92 Å². The van der Waals surface area contributed by atoms with Crippen molar-refractivity contribution < 1.29 is 13.3 Å². The van der Waals surface area contributed by atoms with Crippen LogP contribution in [0.5, 0.6) is 0 Å². The molecule has 1 heterocycles. The second-order valence-electron chi connectivity index (χ2n) is 7.40. The van der Waals surface area contributed by atoms with Gasteiger partial charge in [0.25, 0.3) is 5.69 Å². The Balaban J connectivity index is 1.55. The number of nitrogens with zero attached hydrogens (tertiary/aromatic N) is 2. The molecule has 0 aliphatic carbocycles. The molecule has 2 aromatic rings. The van der Waals surface area contributed by atoms with Gasteiger partial charge in [0.15, 0.2) is 9.84 Å². The fourth-order valence-electron chi connectivity index (χ4n) is 3.55. The van der Waals surface area contributed by atoms with Crippen molar-refractivity contribution in [1.29, 1.82) is 0 Å². The second kappa shape index (κ2) is 9.11. The number of benzene rings is 2. The first-order valence-corrected chi connectivity index (χ1v) is 11.7. The number of halogens is 1. The van der Waals surface area contributed by atoms with Crippen LogP contribution < -0.4 is 5.32 Å². The van der Waals surface area contributed by atoms with Gasteiger partial charge in [0.05, 0.1) is 4.92 Å². The predicted octanol–water partition coefficient (Wildman–Crippen LogP) is 3.98. The molecule has 2 aromatic carbocycles. The van der Waals surface area contributed by atoms with Gasteiger partial charge in [-0.1, -0.05) is 29.8 Å². The molecule has 156 valence electrons. The molecule has 0 spiro atoms. The molecule has 0 amide bonds. The number of hydrogen-bond donors (Lipinski definition) is 1. The monoisotopic (exact) mass is 437 g/mol. The Kier molecular flexibility index (Phi) is 6.77. The summed E-state index contributed by atoms with van der Waals surface area (Å²) in [7, 11) is -3.68. The van der Waals surface area contributed by atoms with E-state index in [9.17, 15) is 18.5 Å². The average molecular weight is 438 g/mol. The van der Waals surface area contributed by atoms with Gasteiger partial charge in [0, 0.05) is 36.1 Å². The number of nitro groups is 1. The Morgan fingerprint density at radius 2 is 1.90 bits per heavy atom. The number of rotatable bonds is 7. The van der Waals surface area contributed by atoms with E-state index in [1.807, 2.05) is 24.3 Å². The quantitative estimate of drug-likeness (QED) is 0.520. The van der Waals surface area contributed by atoms with Gasteiger partial charge in [-0.2, -0.15) is 0 Å². The van der Waals surface area contributed by atoms with Crippen molar-refractivity contribution in [2.75, 3.05) is 31.2 Å². The summed E-state index contributed by atoms with van der Waals surface area (Å²) >= 11 is 6.24. The lowest BCUT2D eigenvalue weighted by Gasteiger charge is -2.32. The molecule has 9 heteroatoms. The third-order valence-corrected chi connectivity index (χ3v) is 6.70. The van der Waals surface area contributed by atoms with Gasteiger partial charge in [-0.3, -0.25) is 15.0 Å². The van der Waals surface area contributed by atoms with Crippen LogP contribution in [-0.2, 0) is 16.4 Å². The summed E-state index contributed by atoms with van der Waals surface area (Å²) in [4.78, 5) is 12.5. The largest absolute Gasteiger partial charge is 0.385 e. The molecular formula is C20H24ClN3O4S. The summed E-state index contributed by atoms with van der Waals surface area (Å²) in [6.45, 7) is 3.46. The first-order valence-electron chi connectivity index (χ1n) is 9.42. The van der Waals surface area contributed by atoms with E-state index in [1.54, 1.807) is 6.07 Å². The Labute approximate surface area is 175 Å². The van der Waals surface area contributed by atoms with E-state index in [0.717, 1.165) is 49.3 Å². The van der Waals surface area contributed by atoms with E-state index in [4.69, 9.17) is 11.6 Å². The highest BCUT2D eigenvalue weighted by Gasteiger charge is 2.23. The summed E-state index contributed by atoms with van der Waals surface area (Å²) in [5.74, 6) is 0.453. The highest BCUT2D eigenvalue weighted by atomic mass is 35.5. The van der Waals surface area contributed by atoms with E-state index in [1.165, 1.54) is 12.1 Å². The molecule has 1 saturated heterocycles. The highest BCUT2D eigenvalue weighted by Crippen LogP contribution is 2.28. The zero-order chi connectivity index (χ0) is 21.0. The molecule has 0 radical (unpaired) electrons. The summed E-state index contributed by atoms with van der Waals surface area (Å²) in [5.41, 5.74) is 1.31. The van der Waals surface area contributed by atoms with Gasteiger partial charge < -0.3 is 5.32 Å². The Bertz CT molecular complexity index is 989. The van der Waals surface area contributed by atoms with Crippen molar-refractivity contribution >= 4 is 32.8 Å². The molecule has 0 aromatic heterocycles. The highest BCUT2D eigenvalue weighted by molar-refractivity contribution is 7.90. The molecule has 1 N–H and O–H groups in total. The van der Waals surface area contributed by atoms with Crippen LogP contribution in [-0.4, -0.2) is 44.1 Å². The third kappa shape index (κ3) is 5.68. The van der Waals surface area contributed by atoms with Gasteiger partial charge in [-0.15, -0.1) is 0 Å². The number of nitro benzene ring substituents is 1. The zero-order valence-corrected chi connectivity index (χ0v) is 17.7. The number of sulfone groups is 1. The number of nitrogens with one attached hydrogen (secondary N) is 1. The van der Waals surface area contributed by atoms with Crippen molar-refractivity contribution in [3.8, 4) is 0 Å². The van der Waals surface area contributed by atoms with Crippen LogP contribution >= 0.6 is 11.6 Å². The van der Waals surface area contributed by atoms with Gasteiger partial charge >= 0.3 is 0 Å². The first kappa shape index (κ1) is 21.5. The van der Waals surface area contributed by atoms with Crippen LogP contribution in [0.25, 0.3) is 0 Å². The second-order valence-corrected chi connectivity index (χ2v) is 9.79. The van der Waals surface area contributed by atoms with Crippen molar-refractivity contribution in [2.45, 2.75) is 24.3 Å². The number of hydrogen-bond acceptors (Lipinski definition) is 6. The van der Waals surface area contributed by atoms with Crippen LogP contribution in [0.2, 0.25) is 5.02 Å². The maximum Gasteiger partial charge on any atom is 0.288 e. The minimum absolute atomic E-state index is 0.262. The Morgan fingerprint density at radius 1 is 1.21 bits per heavy atom. The van der Waals surface area contributed by atoms with Crippen LogP contribution in [0.4, 0.5) is 11.4 Å². The smallest absolute Gasteiger partial charge is 0.288 e. The molecule has 0 bridgehead atoms. The van der Waals surface area contributed by atoms with Crippen LogP contribution in [0.15, 0.2) is 47.4 Å². The van der Waals surface area contributed by atoms with E-state index < -0.39 is 20.4 Å². The summed E-state index contributed by atoms with van der Waals surface area (Å²) in [5, 5.41) is 15.1. The van der Waals surface area contributed by atoms with Crippen LogP contribution in [0.1, 0.15) is 18.4 Å². The third-order valence-electron chi connectivity index (χ3n) is 5.21. The summed E-state index contributed by atoms with van der Waals surface area (Å²) in [6, 6.07) is 12.0. The molecule has 1 aliphatic rings. The molecule has 0 atom stereocenters. The maximum absolute atomic E-state index is 11.9. The molecule has 1 fully saturated rings. The lowest BCUT2D eigenvalue weighted by Crippen LogP contribution is -2.35. The van der Waals surface area contributed by atoms with E-state index >= 15 is 0 Å². The molecular weight excluding hydrogens is 414 g/mol. The molecule has 0 unspecified atom stereocenters. The minimum Gasteiger partial charge on any atom is -0.385 e. The average Bonchev–Trinajstić information content (AvgIpc) is 2.68. The SMILES string of the molecule is CS(=O)(=O)c1cc(NCC2CCN(Cc3ccccc3Cl)CC2)ccc1[N+](=O)[O-]. The Morgan fingerprint density at radius 3 is 2.52 bits per heavy atom. The molecule has 29 heavy (non-hydrogen) atoms. The number of piperidine rings is 1. The molecule has 1 aliphatic heterocycles. The normalized spacial score (nSPS) is 15.9. The van der Waals surface area contributed by atoms with Crippen molar-refractivity contribution in [3.63, 3.8) is 0 Å². The number of anilines is 1. The Hall–Kier alpha value is -2.16. The molecule has 3 rings (SSSR count). The summed E-state index contributed by atoms with van der Waals surface area (Å²) in [6.07, 6.45) is 3.01. The lowest BCUT2D eigenvalue weighted by molar-refractivity contribution is -0.387. The fraction of sp³-hybridized carbons (Fsp3) is 0.400. The van der Waals surface area contributed by atoms with Crippen molar-refractivity contribution in [3.05, 3.63) is 63.2 Å². The van der Waals surface area contributed by atoms with Crippen molar-refractivity contribution in [1.82, 2.24) is 4.90 Å². The minimum atomic E-state index is -3.68.